The van der Waals surface area contributed by atoms with Gasteiger partial charge in [0.25, 0.3) is 11.6 Å². The molecule has 10 heteroatoms. The smallest absolute Gasteiger partial charge is 0.270 e. The molecule has 0 saturated carbocycles. The predicted octanol–water partition coefficient (Wildman–Crippen LogP) is 2.63. The summed E-state index contributed by atoms with van der Waals surface area (Å²) in [6, 6.07) is 15.6. The summed E-state index contributed by atoms with van der Waals surface area (Å²) in [4.78, 5) is 22.2. The van der Waals surface area contributed by atoms with Crippen LogP contribution in [0.5, 0.6) is 0 Å². The van der Waals surface area contributed by atoms with E-state index in [4.69, 9.17) is 0 Å². The maximum atomic E-state index is 12.0. The monoisotopic (exact) mass is 396 g/mol. The number of carbonyl (C=O) groups excluding carboxylic acids is 1. The lowest BCUT2D eigenvalue weighted by molar-refractivity contribution is -0.384. The highest BCUT2D eigenvalue weighted by Crippen LogP contribution is 2.22. The molecule has 28 heavy (non-hydrogen) atoms. The van der Waals surface area contributed by atoms with Crippen molar-refractivity contribution in [3.63, 3.8) is 0 Å². The van der Waals surface area contributed by atoms with E-state index >= 15 is 0 Å². The fraction of sp³-hybridized carbons (Fsp3) is 0.111. The van der Waals surface area contributed by atoms with E-state index in [-0.39, 0.29) is 17.3 Å². The van der Waals surface area contributed by atoms with Gasteiger partial charge in [0.2, 0.25) is 0 Å². The Hall–Kier alpha value is -3.53. The van der Waals surface area contributed by atoms with Crippen LogP contribution >= 0.6 is 11.8 Å². The van der Waals surface area contributed by atoms with E-state index in [1.165, 1.54) is 30.1 Å². The van der Waals surface area contributed by atoms with Gasteiger partial charge in [0.1, 0.15) is 0 Å². The third kappa shape index (κ3) is 4.80. The Bertz CT molecular complexity index is 1020. The van der Waals surface area contributed by atoms with E-state index in [2.05, 4.69) is 20.7 Å². The maximum absolute atomic E-state index is 12.0. The van der Waals surface area contributed by atoms with Gasteiger partial charge in [-0.2, -0.15) is 5.10 Å². The van der Waals surface area contributed by atoms with Gasteiger partial charge in [0.15, 0.2) is 11.0 Å². The Labute approximate surface area is 164 Å². The van der Waals surface area contributed by atoms with Gasteiger partial charge in [-0.05, 0) is 0 Å². The number of hydrogen-bond acceptors (Lipinski definition) is 7. The van der Waals surface area contributed by atoms with Gasteiger partial charge in [-0.1, -0.05) is 54.2 Å². The van der Waals surface area contributed by atoms with Crippen LogP contribution in [0.4, 0.5) is 5.69 Å². The van der Waals surface area contributed by atoms with Crippen LogP contribution in [0, 0.1) is 10.1 Å². The van der Waals surface area contributed by atoms with Crippen molar-refractivity contribution in [3.8, 4) is 11.4 Å². The maximum Gasteiger partial charge on any atom is 0.270 e. The summed E-state index contributed by atoms with van der Waals surface area (Å²) < 4.78 is 1.82. The van der Waals surface area contributed by atoms with E-state index < -0.39 is 4.92 Å². The zero-order valence-electron chi connectivity index (χ0n) is 14.8. The molecular formula is C18H16N6O3S. The number of hydrazone groups is 1. The zero-order chi connectivity index (χ0) is 19.9. The summed E-state index contributed by atoms with van der Waals surface area (Å²) in [5, 5.41) is 23.5. The number of amides is 1. The number of nitrogens with zero attached hydrogens (tertiary/aromatic N) is 5. The van der Waals surface area contributed by atoms with Crippen molar-refractivity contribution in [3.05, 3.63) is 70.3 Å². The summed E-state index contributed by atoms with van der Waals surface area (Å²) in [6.45, 7) is 0. The van der Waals surface area contributed by atoms with E-state index in [1.54, 1.807) is 12.1 Å². The second-order valence-corrected chi connectivity index (χ2v) is 6.61. The van der Waals surface area contributed by atoms with Crippen LogP contribution in [-0.4, -0.2) is 37.6 Å². The normalized spacial score (nSPS) is 10.9. The highest BCUT2D eigenvalue weighted by molar-refractivity contribution is 7.99. The minimum absolute atomic E-state index is 0.0395. The number of hydrogen-bond donors (Lipinski definition) is 1. The summed E-state index contributed by atoms with van der Waals surface area (Å²) in [5.41, 5.74) is 3.81. The number of thioether (sulfide) groups is 1. The highest BCUT2D eigenvalue weighted by Gasteiger charge is 2.12. The lowest BCUT2D eigenvalue weighted by atomic mass is 10.2. The molecule has 3 rings (SSSR count). The van der Waals surface area contributed by atoms with Crippen molar-refractivity contribution < 1.29 is 9.72 Å². The van der Waals surface area contributed by atoms with Gasteiger partial charge in [-0.3, -0.25) is 14.9 Å². The Morgan fingerprint density at radius 3 is 2.79 bits per heavy atom. The van der Waals surface area contributed by atoms with Crippen LogP contribution in [0.3, 0.4) is 0 Å². The molecule has 0 spiro atoms. The fourth-order valence-corrected chi connectivity index (χ4v) is 3.04. The zero-order valence-corrected chi connectivity index (χ0v) is 15.7. The van der Waals surface area contributed by atoms with Crippen LogP contribution in [-0.2, 0) is 11.8 Å². The first-order valence-electron chi connectivity index (χ1n) is 8.18. The number of benzene rings is 2. The number of rotatable bonds is 7. The van der Waals surface area contributed by atoms with Crippen LogP contribution in [0.15, 0.2) is 64.9 Å². The van der Waals surface area contributed by atoms with Crippen LogP contribution in [0.1, 0.15) is 5.56 Å². The van der Waals surface area contributed by atoms with E-state index in [0.29, 0.717) is 16.5 Å². The average molecular weight is 396 g/mol. The first kappa shape index (κ1) is 19.2. The molecule has 0 fully saturated rings. The number of nitro benzene ring substituents is 1. The lowest BCUT2D eigenvalue weighted by Gasteiger charge is -2.03. The molecular weight excluding hydrogens is 380 g/mol. The van der Waals surface area contributed by atoms with Crippen molar-refractivity contribution in [1.29, 1.82) is 0 Å². The summed E-state index contributed by atoms with van der Waals surface area (Å²) in [5.74, 6) is 0.496. The largest absolute Gasteiger partial charge is 0.305 e. The molecule has 142 valence electrons. The third-order valence-electron chi connectivity index (χ3n) is 3.68. The molecule has 0 bridgehead atoms. The summed E-state index contributed by atoms with van der Waals surface area (Å²) in [7, 11) is 1.84. The molecule has 0 aliphatic rings. The van der Waals surface area contributed by atoms with Gasteiger partial charge in [0.05, 0.1) is 16.9 Å². The van der Waals surface area contributed by atoms with E-state index in [0.717, 1.165) is 5.56 Å². The molecule has 1 aromatic heterocycles. The molecule has 0 atom stereocenters. The number of nitrogens with one attached hydrogen (secondary N) is 1. The molecule has 0 saturated heterocycles. The highest BCUT2D eigenvalue weighted by atomic mass is 32.2. The van der Waals surface area contributed by atoms with Gasteiger partial charge >= 0.3 is 0 Å². The number of non-ortho nitro benzene ring substituents is 1. The Balaban J connectivity index is 1.54. The van der Waals surface area contributed by atoms with E-state index in [9.17, 15) is 14.9 Å². The molecule has 1 N–H and O–H groups in total. The third-order valence-corrected chi connectivity index (χ3v) is 4.70. The second-order valence-electron chi connectivity index (χ2n) is 5.67. The van der Waals surface area contributed by atoms with E-state index in [1.807, 2.05) is 41.9 Å². The van der Waals surface area contributed by atoms with Crippen molar-refractivity contribution in [1.82, 2.24) is 20.2 Å². The van der Waals surface area contributed by atoms with Crippen molar-refractivity contribution >= 4 is 29.6 Å². The minimum Gasteiger partial charge on any atom is -0.305 e. The fourth-order valence-electron chi connectivity index (χ4n) is 2.34. The van der Waals surface area contributed by atoms with Crippen molar-refractivity contribution in [2.24, 2.45) is 12.1 Å². The Morgan fingerprint density at radius 2 is 2.04 bits per heavy atom. The molecule has 2 aromatic carbocycles. The molecule has 1 amide bonds. The van der Waals surface area contributed by atoms with Gasteiger partial charge in [-0.25, -0.2) is 5.43 Å². The van der Waals surface area contributed by atoms with Gasteiger partial charge in [-0.15, -0.1) is 10.2 Å². The summed E-state index contributed by atoms with van der Waals surface area (Å²) in [6.07, 6.45) is 1.35. The minimum atomic E-state index is -0.489. The quantitative estimate of drug-likeness (QED) is 0.284. The predicted molar refractivity (Wildman–Crippen MR) is 106 cm³/mol. The Kier molecular flexibility index (Phi) is 6.12. The standard InChI is InChI=1S/C18H16N6O3S/c1-23-17(14-7-3-2-4-8-14)21-22-18(23)28-12-16(25)20-19-11-13-6-5-9-15(10-13)24(26)27/h2-11H,12H2,1H3,(H,20,25)/b19-11+. The number of nitro groups is 1. The average Bonchev–Trinajstić information content (AvgIpc) is 3.07. The van der Waals surface area contributed by atoms with Crippen molar-refractivity contribution in [2.75, 3.05) is 5.75 Å². The summed E-state index contributed by atoms with van der Waals surface area (Å²) >= 11 is 1.24. The second kappa shape index (κ2) is 8.91. The SMILES string of the molecule is Cn1c(SCC(=O)N/N=C/c2cccc([N+](=O)[O-])c2)nnc1-c1ccccc1. The molecule has 0 unspecified atom stereocenters. The first-order valence-corrected chi connectivity index (χ1v) is 9.17. The molecule has 0 aliphatic carbocycles. The number of carbonyl (C=O) groups is 1. The molecule has 3 aromatic rings. The lowest BCUT2D eigenvalue weighted by Crippen LogP contribution is -2.19. The van der Waals surface area contributed by atoms with Crippen molar-refractivity contribution in [2.45, 2.75) is 5.16 Å². The van der Waals surface area contributed by atoms with Crippen LogP contribution < -0.4 is 5.43 Å². The molecule has 9 nitrogen and oxygen atoms in total. The Morgan fingerprint density at radius 1 is 1.25 bits per heavy atom. The molecule has 1 heterocycles. The molecule has 0 aliphatic heterocycles. The van der Waals surface area contributed by atoms with Gasteiger partial charge in [0, 0.05) is 30.3 Å². The van der Waals surface area contributed by atoms with Gasteiger partial charge < -0.3 is 4.57 Å². The number of aromatic nitrogens is 3. The molecule has 0 radical (unpaired) electrons. The first-order chi connectivity index (χ1) is 13.5. The van der Waals surface area contributed by atoms with Crippen LogP contribution in [0.25, 0.3) is 11.4 Å². The van der Waals surface area contributed by atoms with Crippen LogP contribution in [0.2, 0.25) is 0 Å². The topological polar surface area (TPSA) is 115 Å².